The summed E-state index contributed by atoms with van der Waals surface area (Å²) >= 11 is 4.20. The van der Waals surface area contributed by atoms with Gasteiger partial charge in [-0.3, -0.25) is 4.79 Å². The first kappa shape index (κ1) is 11.9. The molecule has 0 saturated carbocycles. The van der Waals surface area contributed by atoms with Gasteiger partial charge < -0.3 is 9.64 Å². The Balaban J connectivity index is 2.43. The molecule has 0 saturated heterocycles. The minimum absolute atomic E-state index is 0.00232. The van der Waals surface area contributed by atoms with Crippen LogP contribution in [0.4, 0.5) is 0 Å². The van der Waals surface area contributed by atoms with Crippen LogP contribution in [0.2, 0.25) is 0 Å². The second-order valence-corrected chi connectivity index (χ2v) is 3.88. The number of rotatable bonds is 4. The average molecular weight is 224 g/mol. The zero-order chi connectivity index (χ0) is 11.3. The van der Waals surface area contributed by atoms with Gasteiger partial charge in [0.25, 0.3) is 0 Å². The molecule has 3 nitrogen and oxygen atoms in total. The van der Waals surface area contributed by atoms with Crippen molar-refractivity contribution >= 4 is 18.5 Å². The van der Waals surface area contributed by atoms with E-state index < -0.39 is 5.44 Å². The highest BCUT2D eigenvalue weighted by molar-refractivity contribution is 7.80. The van der Waals surface area contributed by atoms with Crippen molar-refractivity contribution in [2.75, 3.05) is 14.1 Å². The summed E-state index contributed by atoms with van der Waals surface area (Å²) in [5.74, 6) is 0.692. The summed E-state index contributed by atoms with van der Waals surface area (Å²) in [6, 6.07) is 9.95. The molecule has 0 bridgehead atoms. The van der Waals surface area contributed by atoms with Crippen molar-refractivity contribution in [1.82, 2.24) is 4.90 Å². The van der Waals surface area contributed by atoms with Gasteiger partial charge in [0.1, 0.15) is 5.75 Å². The molecule has 1 radical (unpaired) electrons. The molecule has 4 heteroatoms. The van der Waals surface area contributed by atoms with E-state index in [9.17, 15) is 4.79 Å². The third-order valence-electron chi connectivity index (χ3n) is 1.81. The molecule has 1 unspecified atom stereocenters. The molecule has 1 amide bonds. The Morgan fingerprint density at radius 3 is 2.67 bits per heavy atom. The Kier molecular flexibility index (Phi) is 4.49. The van der Waals surface area contributed by atoms with Crippen LogP contribution < -0.4 is 4.74 Å². The van der Waals surface area contributed by atoms with Gasteiger partial charge in [-0.05, 0) is 18.2 Å². The average Bonchev–Trinajstić information content (AvgIpc) is 2.18. The fourth-order valence-electron chi connectivity index (χ4n) is 0.981. The predicted molar refractivity (Wildman–Crippen MR) is 62.0 cm³/mol. The molecule has 1 rings (SSSR count). The Bertz CT molecular complexity index is 314. The first-order chi connectivity index (χ1) is 7.09. The van der Waals surface area contributed by atoms with Crippen molar-refractivity contribution in [3.63, 3.8) is 0 Å². The maximum absolute atomic E-state index is 11.3. The third kappa shape index (κ3) is 4.25. The molecule has 1 aromatic carbocycles. The van der Waals surface area contributed by atoms with E-state index in [1.54, 1.807) is 38.4 Å². The van der Waals surface area contributed by atoms with Crippen LogP contribution in [-0.4, -0.2) is 30.3 Å². The van der Waals surface area contributed by atoms with E-state index in [-0.39, 0.29) is 12.3 Å². The van der Waals surface area contributed by atoms with Gasteiger partial charge in [-0.2, -0.15) is 0 Å². The molecule has 1 atom stereocenters. The molecule has 1 aromatic rings. The molecule has 0 spiro atoms. The first-order valence-corrected chi connectivity index (χ1v) is 5.12. The highest BCUT2D eigenvalue weighted by Crippen LogP contribution is 2.14. The monoisotopic (exact) mass is 224 g/mol. The Hall–Kier alpha value is -1.16. The summed E-state index contributed by atoms with van der Waals surface area (Å²) in [6.07, 6.45) is 0.259. The molecule has 0 aliphatic rings. The topological polar surface area (TPSA) is 29.5 Å². The van der Waals surface area contributed by atoms with Crippen molar-refractivity contribution in [3.05, 3.63) is 30.3 Å². The van der Waals surface area contributed by atoms with Gasteiger partial charge >= 0.3 is 0 Å². The summed E-state index contributed by atoms with van der Waals surface area (Å²) in [4.78, 5) is 12.9. The van der Waals surface area contributed by atoms with Gasteiger partial charge in [0.15, 0.2) is 5.44 Å². The smallest absolute Gasteiger partial charge is 0.226 e. The van der Waals surface area contributed by atoms with Gasteiger partial charge in [0.2, 0.25) is 5.91 Å². The van der Waals surface area contributed by atoms with E-state index in [2.05, 4.69) is 18.7 Å². The first-order valence-electron chi connectivity index (χ1n) is 4.60. The number of amides is 1. The normalized spacial score (nSPS) is 11.9. The van der Waals surface area contributed by atoms with Crippen molar-refractivity contribution in [1.29, 1.82) is 0 Å². The second kappa shape index (κ2) is 5.66. The number of thiol groups is 1. The van der Waals surface area contributed by atoms with Crippen molar-refractivity contribution in [3.8, 4) is 5.75 Å². The molecule has 15 heavy (non-hydrogen) atoms. The van der Waals surface area contributed by atoms with E-state index in [0.29, 0.717) is 5.75 Å². The van der Waals surface area contributed by atoms with Gasteiger partial charge in [0, 0.05) is 14.1 Å². The lowest BCUT2D eigenvalue weighted by Gasteiger charge is -2.16. The quantitative estimate of drug-likeness (QED) is 0.622. The van der Waals surface area contributed by atoms with Gasteiger partial charge in [-0.15, -0.1) is 12.6 Å². The maximum Gasteiger partial charge on any atom is 0.226 e. The molecule has 0 aliphatic heterocycles. The minimum Gasteiger partial charge on any atom is -0.480 e. The lowest BCUT2D eigenvalue weighted by Crippen LogP contribution is -2.26. The molecule has 0 aromatic heterocycles. The van der Waals surface area contributed by atoms with E-state index in [1.165, 1.54) is 4.90 Å². The van der Waals surface area contributed by atoms with E-state index in [1.807, 2.05) is 0 Å². The van der Waals surface area contributed by atoms with Crippen molar-refractivity contribution < 1.29 is 9.53 Å². The van der Waals surface area contributed by atoms with Crippen LogP contribution in [0.25, 0.3) is 0 Å². The van der Waals surface area contributed by atoms with Crippen LogP contribution in [0.5, 0.6) is 5.75 Å². The summed E-state index contributed by atoms with van der Waals surface area (Å²) in [7, 11) is 3.42. The summed E-state index contributed by atoms with van der Waals surface area (Å²) in [5.41, 5.74) is -0.415. The lowest BCUT2D eigenvalue weighted by molar-refractivity contribution is -0.129. The van der Waals surface area contributed by atoms with Crippen LogP contribution in [-0.2, 0) is 4.79 Å². The van der Waals surface area contributed by atoms with Crippen molar-refractivity contribution in [2.45, 2.75) is 11.9 Å². The molecule has 0 N–H and O–H groups in total. The Morgan fingerprint density at radius 1 is 1.53 bits per heavy atom. The van der Waals surface area contributed by atoms with E-state index >= 15 is 0 Å². The SMILES string of the molecule is CN(C)C(=O)CC(S)Oc1cc[c]cc1. The second-order valence-electron chi connectivity index (χ2n) is 3.30. The molecular weight excluding hydrogens is 210 g/mol. The number of nitrogens with zero attached hydrogens (tertiary/aromatic N) is 1. The van der Waals surface area contributed by atoms with Crippen LogP contribution in [0.1, 0.15) is 6.42 Å². The zero-order valence-electron chi connectivity index (χ0n) is 8.80. The van der Waals surface area contributed by atoms with Crippen LogP contribution >= 0.6 is 12.6 Å². The molecular formula is C11H14NO2S. The number of benzene rings is 1. The molecule has 0 fully saturated rings. The lowest BCUT2D eigenvalue weighted by atomic mass is 10.3. The summed E-state index contributed by atoms with van der Waals surface area (Å²) in [5, 5.41) is 0. The highest BCUT2D eigenvalue weighted by atomic mass is 32.1. The third-order valence-corrected chi connectivity index (χ3v) is 2.10. The Morgan fingerprint density at radius 2 is 2.13 bits per heavy atom. The maximum atomic E-state index is 11.3. The van der Waals surface area contributed by atoms with Gasteiger partial charge in [-0.1, -0.05) is 12.1 Å². The number of ether oxygens (including phenoxy) is 1. The number of carbonyl (C=O) groups excluding carboxylic acids is 1. The minimum atomic E-state index is -0.415. The standard InChI is InChI=1S/C11H14NO2S/c1-12(2)10(13)8-11(15)14-9-6-4-3-5-7-9/h4-7,11,15H,8H2,1-2H3. The van der Waals surface area contributed by atoms with Crippen molar-refractivity contribution in [2.24, 2.45) is 0 Å². The number of hydrogen-bond acceptors (Lipinski definition) is 3. The largest absolute Gasteiger partial charge is 0.480 e. The van der Waals surface area contributed by atoms with E-state index in [0.717, 1.165) is 0 Å². The fourth-order valence-corrected chi connectivity index (χ4v) is 1.26. The summed E-state index contributed by atoms with van der Waals surface area (Å²) < 4.78 is 5.43. The molecule has 0 heterocycles. The van der Waals surface area contributed by atoms with Crippen LogP contribution in [0, 0.1) is 6.07 Å². The van der Waals surface area contributed by atoms with Crippen LogP contribution in [0.3, 0.4) is 0 Å². The van der Waals surface area contributed by atoms with Gasteiger partial charge in [0.05, 0.1) is 6.42 Å². The van der Waals surface area contributed by atoms with E-state index in [4.69, 9.17) is 4.74 Å². The molecule has 0 aliphatic carbocycles. The number of hydrogen-bond donors (Lipinski definition) is 1. The van der Waals surface area contributed by atoms with Crippen LogP contribution in [0.15, 0.2) is 24.3 Å². The Labute approximate surface area is 95.4 Å². The summed E-state index contributed by atoms with van der Waals surface area (Å²) in [6.45, 7) is 0. The highest BCUT2D eigenvalue weighted by Gasteiger charge is 2.12. The fraction of sp³-hybridized carbons (Fsp3) is 0.364. The number of carbonyl (C=O) groups is 1. The molecule has 81 valence electrons. The predicted octanol–water partition coefficient (Wildman–Crippen LogP) is 1.60. The van der Waals surface area contributed by atoms with Gasteiger partial charge in [-0.25, -0.2) is 0 Å². The zero-order valence-corrected chi connectivity index (χ0v) is 9.70.